The molecule has 1 aromatic carbocycles. The van der Waals surface area contributed by atoms with Crippen LogP contribution in [0.4, 0.5) is 10.5 Å². The second-order valence-electron chi connectivity index (χ2n) is 5.56. The van der Waals surface area contributed by atoms with Gasteiger partial charge in [0.25, 0.3) is 0 Å². The molecule has 0 bridgehead atoms. The van der Waals surface area contributed by atoms with E-state index in [9.17, 15) is 13.2 Å². The minimum atomic E-state index is -3.13. The lowest BCUT2D eigenvalue weighted by Crippen LogP contribution is -2.33. The van der Waals surface area contributed by atoms with Gasteiger partial charge >= 0.3 is 6.03 Å². The third kappa shape index (κ3) is 4.73. The summed E-state index contributed by atoms with van der Waals surface area (Å²) in [5.41, 5.74) is 1.43. The van der Waals surface area contributed by atoms with Crippen LogP contribution in [-0.4, -0.2) is 42.7 Å². The Morgan fingerprint density at radius 2 is 2.14 bits per heavy atom. The van der Waals surface area contributed by atoms with E-state index in [0.717, 1.165) is 10.9 Å². The lowest BCUT2D eigenvalue weighted by Gasteiger charge is -2.09. The first-order valence-corrected chi connectivity index (χ1v) is 8.86. The third-order valence-electron chi connectivity index (χ3n) is 2.99. The molecule has 0 aliphatic rings. The smallest absolute Gasteiger partial charge is 0.319 e. The molecule has 0 aliphatic carbocycles. The summed E-state index contributed by atoms with van der Waals surface area (Å²) in [6.45, 7) is 3.79. The zero-order chi connectivity index (χ0) is 16.2. The summed E-state index contributed by atoms with van der Waals surface area (Å²) in [5, 5.41) is 12.9. The van der Waals surface area contributed by atoms with E-state index in [0.29, 0.717) is 5.69 Å². The molecular weight excluding hydrogens is 304 g/mol. The van der Waals surface area contributed by atoms with Crippen LogP contribution in [0.15, 0.2) is 24.4 Å². The second kappa shape index (κ2) is 6.78. The Balaban J connectivity index is 1.83. The Hall–Kier alpha value is -2.09. The van der Waals surface area contributed by atoms with Crippen LogP contribution in [0.2, 0.25) is 0 Å². The fourth-order valence-corrected chi connectivity index (χ4v) is 3.70. The average molecular weight is 324 g/mol. The number of aromatic nitrogens is 2. The number of urea groups is 1. The van der Waals surface area contributed by atoms with Crippen molar-refractivity contribution in [2.45, 2.75) is 13.8 Å². The number of fused-ring (bicyclic) bond motifs is 1. The topological polar surface area (TPSA) is 104 Å². The minimum Gasteiger partial charge on any atom is -0.337 e. The fraction of sp³-hybridized carbons (Fsp3) is 0.429. The molecule has 2 rings (SSSR count). The van der Waals surface area contributed by atoms with Crippen LogP contribution in [-0.2, 0) is 9.84 Å². The lowest BCUT2D eigenvalue weighted by atomic mass is 10.2. The van der Waals surface area contributed by atoms with E-state index in [2.05, 4.69) is 20.8 Å². The van der Waals surface area contributed by atoms with Gasteiger partial charge in [0.05, 0.1) is 23.2 Å². The summed E-state index contributed by atoms with van der Waals surface area (Å²) in [5.74, 6) is 0.158. The van der Waals surface area contributed by atoms with Gasteiger partial charge in [0, 0.05) is 17.6 Å². The standard InChI is InChI=1S/C14H20N4O3S/c1-10(2)9-22(20,21)6-5-15-14(19)17-12-4-3-11-8-16-18-13(11)7-12/h3-4,7-8,10H,5-6,9H2,1-2H3,(H,16,18)(H2,15,17,19). The van der Waals surface area contributed by atoms with Crippen molar-refractivity contribution >= 4 is 32.5 Å². The van der Waals surface area contributed by atoms with Crippen LogP contribution in [0.25, 0.3) is 10.9 Å². The maximum atomic E-state index is 11.8. The molecule has 120 valence electrons. The molecule has 0 unspecified atom stereocenters. The normalized spacial score (nSPS) is 11.8. The summed E-state index contributed by atoms with van der Waals surface area (Å²) < 4.78 is 23.4. The van der Waals surface area contributed by atoms with Gasteiger partial charge < -0.3 is 10.6 Å². The highest BCUT2D eigenvalue weighted by Gasteiger charge is 2.13. The van der Waals surface area contributed by atoms with E-state index in [1.54, 1.807) is 18.3 Å². The maximum Gasteiger partial charge on any atom is 0.319 e. The van der Waals surface area contributed by atoms with Crippen LogP contribution in [0, 0.1) is 5.92 Å². The molecule has 0 aliphatic heterocycles. The number of H-pyrrole nitrogens is 1. The van der Waals surface area contributed by atoms with Crippen molar-refractivity contribution in [3.63, 3.8) is 0 Å². The molecule has 0 saturated heterocycles. The number of sulfone groups is 1. The number of carbonyl (C=O) groups is 1. The first-order valence-electron chi connectivity index (χ1n) is 7.04. The zero-order valence-corrected chi connectivity index (χ0v) is 13.4. The van der Waals surface area contributed by atoms with Crippen molar-refractivity contribution in [2.75, 3.05) is 23.4 Å². The summed E-state index contributed by atoms with van der Waals surface area (Å²) >= 11 is 0. The first-order chi connectivity index (χ1) is 10.4. The van der Waals surface area contributed by atoms with Crippen LogP contribution in [0.3, 0.4) is 0 Å². The van der Waals surface area contributed by atoms with Crippen molar-refractivity contribution in [3.05, 3.63) is 24.4 Å². The fourth-order valence-electron chi connectivity index (χ4n) is 2.10. The van der Waals surface area contributed by atoms with Gasteiger partial charge in [-0.1, -0.05) is 13.8 Å². The van der Waals surface area contributed by atoms with Crippen molar-refractivity contribution in [1.82, 2.24) is 15.5 Å². The molecule has 0 saturated carbocycles. The Morgan fingerprint density at radius 3 is 2.86 bits per heavy atom. The van der Waals surface area contributed by atoms with E-state index in [1.165, 1.54) is 0 Å². The van der Waals surface area contributed by atoms with Gasteiger partial charge in [-0.2, -0.15) is 5.10 Å². The van der Waals surface area contributed by atoms with Crippen LogP contribution < -0.4 is 10.6 Å². The number of hydrogen-bond donors (Lipinski definition) is 3. The summed E-state index contributed by atoms with van der Waals surface area (Å²) in [6, 6.07) is 4.92. The number of rotatable bonds is 6. The highest BCUT2D eigenvalue weighted by Crippen LogP contribution is 2.16. The van der Waals surface area contributed by atoms with Crippen LogP contribution in [0.5, 0.6) is 0 Å². The van der Waals surface area contributed by atoms with Gasteiger partial charge in [0.2, 0.25) is 0 Å². The van der Waals surface area contributed by atoms with Gasteiger partial charge in [-0.15, -0.1) is 0 Å². The molecule has 2 amide bonds. The lowest BCUT2D eigenvalue weighted by molar-refractivity contribution is 0.252. The number of benzene rings is 1. The van der Waals surface area contributed by atoms with Crippen molar-refractivity contribution < 1.29 is 13.2 Å². The highest BCUT2D eigenvalue weighted by molar-refractivity contribution is 7.91. The Morgan fingerprint density at radius 1 is 1.36 bits per heavy atom. The molecule has 0 fully saturated rings. The monoisotopic (exact) mass is 324 g/mol. The average Bonchev–Trinajstić information content (AvgIpc) is 2.84. The number of amides is 2. The van der Waals surface area contributed by atoms with Gasteiger partial charge in [-0.05, 0) is 24.1 Å². The molecule has 1 heterocycles. The van der Waals surface area contributed by atoms with Gasteiger partial charge in [-0.3, -0.25) is 5.10 Å². The number of aromatic amines is 1. The van der Waals surface area contributed by atoms with Crippen molar-refractivity contribution in [3.8, 4) is 0 Å². The molecule has 7 nitrogen and oxygen atoms in total. The van der Waals surface area contributed by atoms with Crippen LogP contribution in [0.1, 0.15) is 13.8 Å². The van der Waals surface area contributed by atoms with E-state index in [-0.39, 0.29) is 24.0 Å². The third-order valence-corrected chi connectivity index (χ3v) is 4.99. The highest BCUT2D eigenvalue weighted by atomic mass is 32.2. The molecule has 0 spiro atoms. The molecule has 0 atom stereocenters. The van der Waals surface area contributed by atoms with Crippen molar-refractivity contribution in [2.24, 2.45) is 5.92 Å². The van der Waals surface area contributed by atoms with E-state index in [4.69, 9.17) is 0 Å². The quantitative estimate of drug-likeness (QED) is 0.753. The predicted octanol–water partition coefficient (Wildman–Crippen LogP) is 1.76. The summed E-state index contributed by atoms with van der Waals surface area (Å²) in [6.07, 6.45) is 1.69. The first kappa shape index (κ1) is 16.3. The number of nitrogens with zero attached hydrogens (tertiary/aromatic N) is 1. The zero-order valence-electron chi connectivity index (χ0n) is 12.6. The number of anilines is 1. The molecule has 0 radical (unpaired) electrons. The van der Waals surface area contributed by atoms with Crippen molar-refractivity contribution in [1.29, 1.82) is 0 Å². The Labute approximate surface area is 129 Å². The molecule has 3 N–H and O–H groups in total. The Kier molecular flexibility index (Phi) is 5.02. The largest absolute Gasteiger partial charge is 0.337 e. The minimum absolute atomic E-state index is 0.0574. The number of nitrogens with one attached hydrogen (secondary N) is 3. The molecule has 8 heteroatoms. The number of hydrogen-bond acceptors (Lipinski definition) is 4. The summed E-state index contributed by atoms with van der Waals surface area (Å²) in [4.78, 5) is 11.8. The van der Waals surface area contributed by atoms with E-state index in [1.807, 2.05) is 19.9 Å². The molecule has 22 heavy (non-hydrogen) atoms. The summed E-state index contributed by atoms with van der Waals surface area (Å²) in [7, 11) is -3.13. The predicted molar refractivity (Wildman–Crippen MR) is 86.6 cm³/mol. The Bertz CT molecular complexity index is 752. The van der Waals surface area contributed by atoms with Gasteiger partial charge in [0.1, 0.15) is 0 Å². The van der Waals surface area contributed by atoms with E-state index >= 15 is 0 Å². The van der Waals surface area contributed by atoms with Crippen LogP contribution >= 0.6 is 0 Å². The van der Waals surface area contributed by atoms with Gasteiger partial charge in [0.15, 0.2) is 9.84 Å². The molecular formula is C14H20N4O3S. The van der Waals surface area contributed by atoms with E-state index < -0.39 is 15.9 Å². The number of carbonyl (C=O) groups excluding carboxylic acids is 1. The molecule has 2 aromatic rings. The molecule has 1 aromatic heterocycles. The second-order valence-corrected chi connectivity index (χ2v) is 7.79. The van der Waals surface area contributed by atoms with Gasteiger partial charge in [-0.25, -0.2) is 13.2 Å². The SMILES string of the molecule is CC(C)CS(=O)(=O)CCNC(=O)Nc1ccc2cn[nH]c2c1. The maximum absolute atomic E-state index is 11.8.